The van der Waals surface area contributed by atoms with Crippen LogP contribution in [-0.2, 0) is 4.79 Å². The van der Waals surface area contributed by atoms with Crippen LogP contribution in [-0.4, -0.2) is 10.8 Å². The number of ketones is 1. The zero-order valence-corrected chi connectivity index (χ0v) is 9.40. The zero-order chi connectivity index (χ0) is 11.5. The number of nitrogens with zero attached hydrogens (tertiary/aromatic N) is 1. The molecule has 1 aromatic carbocycles. The molecular formula is C14H13NO. The third kappa shape index (κ3) is 2.01. The van der Waals surface area contributed by atoms with Gasteiger partial charge in [0, 0.05) is 17.1 Å². The molecule has 0 saturated heterocycles. The number of aromatic nitrogens is 1. The number of allylic oxidation sites excluding steroid dienone is 1. The SMILES string of the molecule is CC(=O)/C(C)=C/c1cccc2cccnc12. The van der Waals surface area contributed by atoms with Gasteiger partial charge in [-0.25, -0.2) is 0 Å². The molecule has 1 heterocycles. The Bertz CT molecular complexity index is 564. The molecule has 0 aliphatic carbocycles. The van der Waals surface area contributed by atoms with Crippen molar-refractivity contribution in [3.8, 4) is 0 Å². The van der Waals surface area contributed by atoms with Gasteiger partial charge in [-0.05, 0) is 31.6 Å². The molecule has 0 radical (unpaired) electrons. The summed E-state index contributed by atoms with van der Waals surface area (Å²) in [5, 5.41) is 1.09. The highest BCUT2D eigenvalue weighted by molar-refractivity contribution is 5.99. The molecule has 80 valence electrons. The van der Waals surface area contributed by atoms with Crippen molar-refractivity contribution in [1.29, 1.82) is 0 Å². The number of benzene rings is 1. The van der Waals surface area contributed by atoms with Gasteiger partial charge in [0.2, 0.25) is 0 Å². The van der Waals surface area contributed by atoms with Crippen molar-refractivity contribution >= 4 is 22.8 Å². The highest BCUT2D eigenvalue weighted by Crippen LogP contribution is 2.18. The molecular weight excluding hydrogens is 198 g/mol. The van der Waals surface area contributed by atoms with E-state index in [0.29, 0.717) is 0 Å². The van der Waals surface area contributed by atoms with Crippen LogP contribution in [0.3, 0.4) is 0 Å². The molecule has 0 aliphatic rings. The molecule has 0 N–H and O–H groups in total. The van der Waals surface area contributed by atoms with Gasteiger partial charge in [-0.15, -0.1) is 0 Å². The third-order valence-electron chi connectivity index (χ3n) is 2.59. The largest absolute Gasteiger partial charge is 0.295 e. The zero-order valence-electron chi connectivity index (χ0n) is 9.40. The predicted octanol–water partition coefficient (Wildman–Crippen LogP) is 3.23. The summed E-state index contributed by atoms with van der Waals surface area (Å²) in [7, 11) is 0. The smallest absolute Gasteiger partial charge is 0.155 e. The Morgan fingerprint density at radius 3 is 2.69 bits per heavy atom. The summed E-state index contributed by atoms with van der Waals surface area (Å²) in [6.07, 6.45) is 3.65. The topological polar surface area (TPSA) is 30.0 Å². The number of Topliss-reactive ketones (excluding diaryl/α,β-unsaturated/α-hetero) is 1. The van der Waals surface area contributed by atoms with Gasteiger partial charge in [-0.1, -0.05) is 24.3 Å². The fourth-order valence-electron chi connectivity index (χ4n) is 1.58. The quantitative estimate of drug-likeness (QED) is 0.714. The third-order valence-corrected chi connectivity index (χ3v) is 2.59. The molecule has 16 heavy (non-hydrogen) atoms. The van der Waals surface area contributed by atoms with Crippen molar-refractivity contribution in [3.05, 3.63) is 47.7 Å². The summed E-state index contributed by atoms with van der Waals surface area (Å²) in [6.45, 7) is 3.40. The van der Waals surface area contributed by atoms with Crippen molar-refractivity contribution < 1.29 is 4.79 Å². The van der Waals surface area contributed by atoms with Crippen molar-refractivity contribution in [2.75, 3.05) is 0 Å². The fourth-order valence-corrected chi connectivity index (χ4v) is 1.58. The van der Waals surface area contributed by atoms with Crippen LogP contribution < -0.4 is 0 Å². The summed E-state index contributed by atoms with van der Waals surface area (Å²) in [5.74, 6) is 0.0907. The molecule has 1 aromatic heterocycles. The first-order valence-electron chi connectivity index (χ1n) is 5.21. The number of hydrogen-bond acceptors (Lipinski definition) is 2. The van der Waals surface area contributed by atoms with Gasteiger partial charge in [-0.2, -0.15) is 0 Å². The first-order valence-corrected chi connectivity index (χ1v) is 5.21. The molecule has 0 saturated carbocycles. The lowest BCUT2D eigenvalue weighted by Crippen LogP contribution is -1.91. The number of rotatable bonds is 2. The van der Waals surface area contributed by atoms with E-state index in [0.717, 1.165) is 22.0 Å². The molecule has 0 amide bonds. The van der Waals surface area contributed by atoms with Crippen LogP contribution in [0.15, 0.2) is 42.1 Å². The Morgan fingerprint density at radius 1 is 1.19 bits per heavy atom. The minimum atomic E-state index is 0.0907. The summed E-state index contributed by atoms with van der Waals surface area (Å²) >= 11 is 0. The summed E-state index contributed by atoms with van der Waals surface area (Å²) in [6, 6.07) is 9.89. The lowest BCUT2D eigenvalue weighted by molar-refractivity contribution is -0.113. The van der Waals surface area contributed by atoms with E-state index >= 15 is 0 Å². The van der Waals surface area contributed by atoms with E-state index in [1.54, 1.807) is 13.1 Å². The molecule has 0 bridgehead atoms. The van der Waals surface area contributed by atoms with E-state index in [2.05, 4.69) is 4.98 Å². The Balaban J connectivity index is 2.61. The lowest BCUT2D eigenvalue weighted by Gasteiger charge is -2.01. The fraction of sp³-hybridized carbons (Fsp3) is 0.143. The molecule has 0 spiro atoms. The second kappa shape index (κ2) is 4.27. The standard InChI is InChI=1S/C14H13NO/c1-10(11(2)16)9-13-6-3-5-12-7-4-8-15-14(12)13/h3-9H,1-2H3/b10-9+. The second-order valence-electron chi connectivity index (χ2n) is 3.81. The lowest BCUT2D eigenvalue weighted by atomic mass is 10.1. The number of carbonyl (C=O) groups excluding carboxylic acids is 1. The van der Waals surface area contributed by atoms with Gasteiger partial charge >= 0.3 is 0 Å². The van der Waals surface area contributed by atoms with Crippen LogP contribution in [0.4, 0.5) is 0 Å². The van der Waals surface area contributed by atoms with Crippen LogP contribution in [0, 0.1) is 0 Å². The summed E-state index contributed by atoms with van der Waals surface area (Å²) < 4.78 is 0. The van der Waals surface area contributed by atoms with Crippen molar-refractivity contribution in [2.45, 2.75) is 13.8 Å². The average molecular weight is 211 g/mol. The van der Waals surface area contributed by atoms with Gasteiger partial charge in [0.1, 0.15) is 0 Å². The van der Waals surface area contributed by atoms with Gasteiger partial charge in [0.15, 0.2) is 5.78 Å². The number of hydrogen-bond donors (Lipinski definition) is 0. The minimum Gasteiger partial charge on any atom is -0.295 e. The van der Waals surface area contributed by atoms with E-state index in [-0.39, 0.29) is 5.78 Å². The monoisotopic (exact) mass is 211 g/mol. The molecule has 0 atom stereocenters. The number of pyridine rings is 1. The maximum atomic E-state index is 11.2. The van der Waals surface area contributed by atoms with Gasteiger partial charge in [-0.3, -0.25) is 9.78 Å². The average Bonchev–Trinajstić information content (AvgIpc) is 2.29. The van der Waals surface area contributed by atoms with Crippen LogP contribution in [0.1, 0.15) is 19.4 Å². The molecule has 2 nitrogen and oxygen atoms in total. The van der Waals surface area contributed by atoms with Gasteiger partial charge in [0.05, 0.1) is 5.52 Å². The summed E-state index contributed by atoms with van der Waals surface area (Å²) in [4.78, 5) is 15.5. The predicted molar refractivity (Wildman–Crippen MR) is 66.1 cm³/mol. The molecule has 0 unspecified atom stereocenters. The molecule has 0 aliphatic heterocycles. The molecule has 2 heteroatoms. The number of carbonyl (C=O) groups is 1. The Morgan fingerprint density at radius 2 is 1.94 bits per heavy atom. The van der Waals surface area contributed by atoms with Gasteiger partial charge < -0.3 is 0 Å². The molecule has 2 rings (SSSR count). The Labute approximate surface area is 94.6 Å². The van der Waals surface area contributed by atoms with E-state index < -0.39 is 0 Å². The van der Waals surface area contributed by atoms with E-state index in [1.807, 2.05) is 43.3 Å². The Hall–Kier alpha value is -1.96. The van der Waals surface area contributed by atoms with Crippen molar-refractivity contribution in [3.63, 3.8) is 0 Å². The van der Waals surface area contributed by atoms with Crippen LogP contribution in [0.2, 0.25) is 0 Å². The maximum Gasteiger partial charge on any atom is 0.155 e. The van der Waals surface area contributed by atoms with E-state index in [9.17, 15) is 4.79 Å². The van der Waals surface area contributed by atoms with Crippen molar-refractivity contribution in [2.24, 2.45) is 0 Å². The Kier molecular flexibility index (Phi) is 2.82. The highest BCUT2D eigenvalue weighted by atomic mass is 16.1. The van der Waals surface area contributed by atoms with E-state index in [1.165, 1.54) is 0 Å². The minimum absolute atomic E-state index is 0.0907. The number of para-hydroxylation sites is 1. The first-order chi connectivity index (χ1) is 7.68. The normalized spacial score (nSPS) is 11.8. The van der Waals surface area contributed by atoms with Crippen LogP contribution >= 0.6 is 0 Å². The maximum absolute atomic E-state index is 11.2. The second-order valence-corrected chi connectivity index (χ2v) is 3.81. The molecule has 0 fully saturated rings. The molecule has 2 aromatic rings. The van der Waals surface area contributed by atoms with Crippen molar-refractivity contribution in [1.82, 2.24) is 4.98 Å². The first kappa shape index (κ1) is 10.6. The summed E-state index contributed by atoms with van der Waals surface area (Å²) in [5.41, 5.74) is 2.68. The number of fused-ring (bicyclic) bond motifs is 1. The highest BCUT2D eigenvalue weighted by Gasteiger charge is 2.01. The van der Waals surface area contributed by atoms with Crippen LogP contribution in [0.25, 0.3) is 17.0 Å². The van der Waals surface area contributed by atoms with Gasteiger partial charge in [0.25, 0.3) is 0 Å². The van der Waals surface area contributed by atoms with E-state index in [4.69, 9.17) is 0 Å². The van der Waals surface area contributed by atoms with Crippen LogP contribution in [0.5, 0.6) is 0 Å².